The third-order valence-corrected chi connectivity index (χ3v) is 4.76. The maximum Gasteiger partial charge on any atom is 0.303 e. The van der Waals surface area contributed by atoms with Crippen LogP contribution in [0.1, 0.15) is 59.9 Å². The van der Waals surface area contributed by atoms with Crippen molar-refractivity contribution < 1.29 is 19.2 Å². The van der Waals surface area contributed by atoms with Gasteiger partial charge < -0.3 is 14.9 Å². The van der Waals surface area contributed by atoms with Crippen LogP contribution in [0.2, 0.25) is 0 Å². The minimum atomic E-state index is -0.888. The molecule has 3 rings (SSSR count). The van der Waals surface area contributed by atoms with Crippen molar-refractivity contribution in [3.8, 4) is 0 Å². The van der Waals surface area contributed by atoms with Crippen molar-refractivity contribution in [1.29, 1.82) is 0 Å². The van der Waals surface area contributed by atoms with Gasteiger partial charge in [-0.15, -0.1) is 0 Å². The molecule has 2 aromatic heterocycles. The van der Waals surface area contributed by atoms with Crippen molar-refractivity contribution in [3.05, 3.63) is 58.9 Å². The number of aromatic nitrogens is 2. The monoisotopic (exact) mass is 395 g/mol. The Morgan fingerprint density at radius 3 is 2.59 bits per heavy atom. The van der Waals surface area contributed by atoms with Gasteiger partial charge in [0.2, 0.25) is 0 Å². The molecule has 2 N–H and O–H groups in total. The van der Waals surface area contributed by atoms with Crippen molar-refractivity contribution in [2.24, 2.45) is 0 Å². The number of nitrogens with one attached hydrogen (secondary N) is 1. The highest BCUT2D eigenvalue weighted by Crippen LogP contribution is 2.27. The second kappa shape index (κ2) is 8.86. The molecule has 0 saturated carbocycles. The molecule has 0 fully saturated rings. The van der Waals surface area contributed by atoms with E-state index in [0.29, 0.717) is 40.9 Å². The highest BCUT2D eigenvalue weighted by molar-refractivity contribution is 6.06. The first-order chi connectivity index (χ1) is 13.8. The lowest BCUT2D eigenvalue weighted by atomic mass is 9.99. The van der Waals surface area contributed by atoms with Gasteiger partial charge in [-0.3, -0.25) is 9.59 Å². The van der Waals surface area contributed by atoms with Gasteiger partial charge in [-0.25, -0.2) is 4.98 Å². The Hall–Kier alpha value is -3.22. The molecule has 29 heavy (non-hydrogen) atoms. The van der Waals surface area contributed by atoms with Crippen molar-refractivity contribution >= 4 is 23.0 Å². The van der Waals surface area contributed by atoms with Gasteiger partial charge in [0, 0.05) is 18.2 Å². The summed E-state index contributed by atoms with van der Waals surface area (Å²) in [4.78, 5) is 28.6. The number of fused-ring (bicyclic) bond motifs is 1. The maximum atomic E-state index is 13.2. The molecule has 2 heterocycles. The molecule has 0 bridgehead atoms. The van der Waals surface area contributed by atoms with E-state index in [0.717, 1.165) is 5.56 Å². The minimum Gasteiger partial charge on any atom is -0.481 e. The second-order valence-electron chi connectivity index (χ2n) is 7.51. The van der Waals surface area contributed by atoms with E-state index in [9.17, 15) is 9.59 Å². The van der Waals surface area contributed by atoms with Crippen LogP contribution < -0.4 is 5.32 Å². The number of carboxylic acid groups (broad SMARTS) is 1. The second-order valence-corrected chi connectivity index (χ2v) is 7.51. The Balaban J connectivity index is 1.90. The van der Waals surface area contributed by atoms with Crippen molar-refractivity contribution in [2.45, 2.75) is 52.0 Å². The first-order valence-corrected chi connectivity index (χ1v) is 9.68. The molecule has 1 unspecified atom stereocenters. The largest absolute Gasteiger partial charge is 0.481 e. The van der Waals surface area contributed by atoms with E-state index in [-0.39, 0.29) is 24.3 Å². The zero-order valence-corrected chi connectivity index (χ0v) is 16.8. The summed E-state index contributed by atoms with van der Waals surface area (Å²) in [7, 11) is 0. The first kappa shape index (κ1) is 20.5. The summed E-state index contributed by atoms with van der Waals surface area (Å²) in [5.74, 6) is -1.10. The number of rotatable bonds is 8. The summed E-state index contributed by atoms with van der Waals surface area (Å²) in [6.07, 6.45) is 0.866. The van der Waals surface area contributed by atoms with Gasteiger partial charge in [-0.05, 0) is 37.3 Å². The average molecular weight is 395 g/mol. The fourth-order valence-corrected chi connectivity index (χ4v) is 3.35. The molecular formula is C22H25N3O4. The molecule has 1 atom stereocenters. The van der Waals surface area contributed by atoms with E-state index in [1.807, 2.05) is 44.2 Å². The highest BCUT2D eigenvalue weighted by atomic mass is 16.5. The van der Waals surface area contributed by atoms with E-state index in [1.165, 1.54) is 0 Å². The summed E-state index contributed by atoms with van der Waals surface area (Å²) in [6.45, 7) is 5.74. The smallest absolute Gasteiger partial charge is 0.303 e. The zero-order valence-electron chi connectivity index (χ0n) is 16.8. The minimum absolute atomic E-state index is 0.0208. The van der Waals surface area contributed by atoms with Gasteiger partial charge in [0.1, 0.15) is 0 Å². The summed E-state index contributed by atoms with van der Waals surface area (Å²) >= 11 is 0. The van der Waals surface area contributed by atoms with Crippen LogP contribution in [-0.2, 0) is 11.2 Å². The molecule has 0 aliphatic heterocycles. The fourth-order valence-electron chi connectivity index (χ4n) is 3.35. The Bertz CT molecular complexity index is 1010. The molecular weight excluding hydrogens is 370 g/mol. The van der Waals surface area contributed by atoms with E-state index < -0.39 is 5.97 Å². The quantitative estimate of drug-likeness (QED) is 0.600. The van der Waals surface area contributed by atoms with Crippen LogP contribution in [0.15, 0.2) is 40.9 Å². The number of nitrogens with zero attached hydrogens (tertiary/aromatic N) is 2. The third-order valence-electron chi connectivity index (χ3n) is 4.76. The van der Waals surface area contributed by atoms with Crippen LogP contribution in [0.5, 0.6) is 0 Å². The van der Waals surface area contributed by atoms with E-state index >= 15 is 0 Å². The summed E-state index contributed by atoms with van der Waals surface area (Å²) < 4.78 is 5.34. The molecule has 0 saturated heterocycles. The van der Waals surface area contributed by atoms with Crippen molar-refractivity contribution in [3.63, 3.8) is 0 Å². The van der Waals surface area contributed by atoms with Gasteiger partial charge in [0.15, 0.2) is 0 Å². The number of carboxylic acids is 1. The number of carbonyl (C=O) groups is 2. The van der Waals surface area contributed by atoms with Gasteiger partial charge in [0.25, 0.3) is 11.6 Å². The summed E-state index contributed by atoms with van der Waals surface area (Å²) in [5.41, 5.74) is 3.16. The Labute approximate surface area is 169 Å². The van der Waals surface area contributed by atoms with Crippen LogP contribution in [0.3, 0.4) is 0 Å². The third kappa shape index (κ3) is 4.99. The number of aryl methyl sites for hydroxylation is 1. The number of carbonyl (C=O) groups excluding carboxylic acids is 1. The topological polar surface area (TPSA) is 105 Å². The molecule has 1 amide bonds. The van der Waals surface area contributed by atoms with E-state index in [2.05, 4.69) is 15.5 Å². The van der Waals surface area contributed by atoms with Crippen LogP contribution in [-0.4, -0.2) is 33.2 Å². The molecule has 7 heteroatoms. The number of hydrogen-bond donors (Lipinski definition) is 2. The maximum absolute atomic E-state index is 13.2. The summed E-state index contributed by atoms with van der Waals surface area (Å²) in [6, 6.07) is 11.1. The predicted molar refractivity (Wildman–Crippen MR) is 109 cm³/mol. The lowest BCUT2D eigenvalue weighted by molar-refractivity contribution is -0.137. The van der Waals surface area contributed by atoms with Gasteiger partial charge >= 0.3 is 5.97 Å². The molecule has 7 nitrogen and oxygen atoms in total. The highest BCUT2D eigenvalue weighted by Gasteiger charge is 2.23. The lowest BCUT2D eigenvalue weighted by Crippen LogP contribution is -2.37. The average Bonchev–Trinajstić information content (AvgIpc) is 3.10. The molecule has 0 spiro atoms. The van der Waals surface area contributed by atoms with Crippen molar-refractivity contribution in [2.75, 3.05) is 0 Å². The normalized spacial score (nSPS) is 12.3. The molecule has 1 aromatic carbocycles. The standard InChI is InChI=1S/C22H25N3O4/c1-13(2)20-19-17(11-14(3)23-22(19)29-25-20)21(28)24-16(9-10-18(26)27)12-15-7-5-4-6-8-15/h4-8,11,13,16H,9-10,12H2,1-3H3,(H,24,28)(H,26,27). The van der Waals surface area contributed by atoms with Crippen LogP contribution in [0, 0.1) is 6.92 Å². The molecule has 0 radical (unpaired) electrons. The predicted octanol–water partition coefficient (Wildman–Crippen LogP) is 3.86. The van der Waals surface area contributed by atoms with Gasteiger partial charge in [-0.2, -0.15) is 0 Å². The number of pyridine rings is 1. The fraction of sp³-hybridized carbons (Fsp3) is 0.364. The number of aliphatic carboxylic acids is 1. The van der Waals surface area contributed by atoms with Crippen LogP contribution >= 0.6 is 0 Å². The lowest BCUT2D eigenvalue weighted by Gasteiger charge is -2.19. The molecule has 152 valence electrons. The van der Waals surface area contributed by atoms with Gasteiger partial charge in [-0.1, -0.05) is 49.3 Å². The SMILES string of the molecule is Cc1cc(C(=O)NC(CCC(=O)O)Cc2ccccc2)c2c(C(C)C)noc2n1. The first-order valence-electron chi connectivity index (χ1n) is 9.68. The molecule has 0 aliphatic rings. The van der Waals surface area contributed by atoms with Gasteiger partial charge in [0.05, 0.1) is 16.6 Å². The number of amides is 1. The Kier molecular flexibility index (Phi) is 6.26. The van der Waals surface area contributed by atoms with E-state index in [4.69, 9.17) is 9.63 Å². The summed E-state index contributed by atoms with van der Waals surface area (Å²) in [5, 5.41) is 16.8. The van der Waals surface area contributed by atoms with Crippen LogP contribution in [0.4, 0.5) is 0 Å². The zero-order chi connectivity index (χ0) is 21.0. The van der Waals surface area contributed by atoms with Crippen molar-refractivity contribution in [1.82, 2.24) is 15.5 Å². The van der Waals surface area contributed by atoms with Crippen LogP contribution in [0.25, 0.3) is 11.1 Å². The number of hydrogen-bond acceptors (Lipinski definition) is 5. The Morgan fingerprint density at radius 2 is 1.93 bits per heavy atom. The number of benzene rings is 1. The van der Waals surface area contributed by atoms with E-state index in [1.54, 1.807) is 13.0 Å². The Morgan fingerprint density at radius 1 is 1.21 bits per heavy atom. The molecule has 3 aromatic rings. The molecule has 0 aliphatic carbocycles.